The maximum absolute atomic E-state index is 12.5. The second-order valence-electron chi connectivity index (χ2n) is 6.33. The zero-order valence-corrected chi connectivity index (χ0v) is 15.6. The lowest BCUT2D eigenvalue weighted by molar-refractivity contribution is 0.0996. The molecule has 0 atom stereocenters. The third kappa shape index (κ3) is 3.96. The van der Waals surface area contributed by atoms with Gasteiger partial charge < -0.3 is 19.8 Å². The van der Waals surface area contributed by atoms with Crippen LogP contribution >= 0.6 is 0 Å². The van der Waals surface area contributed by atoms with Crippen LogP contribution in [0.15, 0.2) is 83.3 Å². The molecule has 4 rings (SSSR count). The molecule has 29 heavy (non-hydrogen) atoms. The van der Waals surface area contributed by atoms with Crippen LogP contribution in [0.1, 0.15) is 20.9 Å². The fourth-order valence-electron chi connectivity index (χ4n) is 2.95. The highest BCUT2D eigenvalue weighted by Gasteiger charge is 2.13. The Balaban J connectivity index is 1.43. The Labute approximate surface area is 167 Å². The summed E-state index contributed by atoms with van der Waals surface area (Å²) in [6.45, 7) is 0. The molecule has 0 radical (unpaired) electrons. The molecule has 144 valence electrons. The summed E-state index contributed by atoms with van der Waals surface area (Å²) >= 11 is 0. The fourth-order valence-corrected chi connectivity index (χ4v) is 2.95. The quantitative estimate of drug-likeness (QED) is 0.509. The molecule has 0 aliphatic carbocycles. The van der Waals surface area contributed by atoms with Gasteiger partial charge in [0.2, 0.25) is 0 Å². The number of para-hydroxylation sites is 2. The minimum atomic E-state index is -0.341. The Morgan fingerprint density at radius 2 is 1.41 bits per heavy atom. The molecule has 0 fully saturated rings. The van der Waals surface area contributed by atoms with E-state index in [-0.39, 0.29) is 17.6 Å². The van der Waals surface area contributed by atoms with Crippen molar-refractivity contribution in [3.8, 4) is 5.75 Å². The Kier molecular flexibility index (Phi) is 4.99. The first-order valence-electron chi connectivity index (χ1n) is 8.98. The van der Waals surface area contributed by atoms with E-state index in [0.29, 0.717) is 28.3 Å². The molecule has 1 aromatic heterocycles. The normalized spacial score (nSPS) is 10.5. The van der Waals surface area contributed by atoms with E-state index < -0.39 is 0 Å². The van der Waals surface area contributed by atoms with E-state index in [4.69, 9.17) is 9.15 Å². The lowest BCUT2D eigenvalue weighted by Crippen LogP contribution is -2.13. The van der Waals surface area contributed by atoms with Gasteiger partial charge in [-0.1, -0.05) is 30.3 Å². The number of furan rings is 1. The molecule has 0 spiro atoms. The van der Waals surface area contributed by atoms with Gasteiger partial charge in [-0.2, -0.15) is 0 Å². The maximum Gasteiger partial charge on any atom is 0.291 e. The van der Waals surface area contributed by atoms with Gasteiger partial charge in [0.1, 0.15) is 11.3 Å². The number of methoxy groups -OCH3 is 1. The molecule has 0 aliphatic rings. The lowest BCUT2D eigenvalue weighted by Gasteiger charge is -2.10. The first-order valence-corrected chi connectivity index (χ1v) is 8.98. The highest BCUT2D eigenvalue weighted by molar-refractivity contribution is 6.07. The van der Waals surface area contributed by atoms with Crippen molar-refractivity contribution in [2.24, 2.45) is 0 Å². The van der Waals surface area contributed by atoms with Crippen molar-refractivity contribution in [1.82, 2.24) is 0 Å². The van der Waals surface area contributed by atoms with Gasteiger partial charge in [0.25, 0.3) is 11.8 Å². The highest BCUT2D eigenvalue weighted by atomic mass is 16.5. The lowest BCUT2D eigenvalue weighted by atomic mass is 10.2. The second kappa shape index (κ2) is 7.90. The van der Waals surface area contributed by atoms with Gasteiger partial charge in [-0.05, 0) is 48.5 Å². The number of anilines is 2. The smallest absolute Gasteiger partial charge is 0.291 e. The largest absolute Gasteiger partial charge is 0.496 e. The van der Waals surface area contributed by atoms with Crippen LogP contribution < -0.4 is 15.4 Å². The third-order valence-corrected chi connectivity index (χ3v) is 4.40. The third-order valence-electron chi connectivity index (χ3n) is 4.40. The van der Waals surface area contributed by atoms with Gasteiger partial charge in [-0.3, -0.25) is 9.59 Å². The van der Waals surface area contributed by atoms with Crippen molar-refractivity contribution in [3.63, 3.8) is 0 Å². The van der Waals surface area contributed by atoms with Crippen molar-refractivity contribution < 1.29 is 18.7 Å². The van der Waals surface area contributed by atoms with Gasteiger partial charge in [-0.25, -0.2) is 0 Å². The van der Waals surface area contributed by atoms with Crippen LogP contribution in [0.2, 0.25) is 0 Å². The summed E-state index contributed by atoms with van der Waals surface area (Å²) in [5, 5.41) is 6.46. The SMILES string of the molecule is COc1ccccc1C(=O)Nc1ccc(NC(=O)c2cc3ccccc3o2)cc1. The van der Waals surface area contributed by atoms with Crippen LogP contribution in [0, 0.1) is 0 Å². The van der Waals surface area contributed by atoms with Crippen LogP contribution in [0.5, 0.6) is 5.75 Å². The van der Waals surface area contributed by atoms with Crippen LogP contribution in [-0.4, -0.2) is 18.9 Å². The molecule has 1 heterocycles. The van der Waals surface area contributed by atoms with E-state index in [2.05, 4.69) is 10.6 Å². The number of carbonyl (C=O) groups excluding carboxylic acids is 2. The fraction of sp³-hybridized carbons (Fsp3) is 0.0435. The van der Waals surface area contributed by atoms with Crippen molar-refractivity contribution in [1.29, 1.82) is 0 Å². The summed E-state index contributed by atoms with van der Waals surface area (Å²) in [6, 6.07) is 23.0. The second-order valence-corrected chi connectivity index (χ2v) is 6.33. The summed E-state index contributed by atoms with van der Waals surface area (Å²) in [6.07, 6.45) is 0. The minimum Gasteiger partial charge on any atom is -0.496 e. The first kappa shape index (κ1) is 18.3. The average molecular weight is 386 g/mol. The molecule has 4 aromatic rings. The topological polar surface area (TPSA) is 80.6 Å². The maximum atomic E-state index is 12.5. The van der Waals surface area contributed by atoms with Crippen LogP contribution in [0.3, 0.4) is 0 Å². The molecule has 0 unspecified atom stereocenters. The molecular weight excluding hydrogens is 368 g/mol. The van der Waals surface area contributed by atoms with Crippen molar-refractivity contribution >= 4 is 34.2 Å². The van der Waals surface area contributed by atoms with Gasteiger partial charge >= 0.3 is 0 Å². The van der Waals surface area contributed by atoms with Crippen molar-refractivity contribution in [2.45, 2.75) is 0 Å². The Morgan fingerprint density at radius 3 is 2.10 bits per heavy atom. The number of hydrogen-bond donors (Lipinski definition) is 2. The van der Waals surface area contributed by atoms with E-state index in [1.807, 2.05) is 24.3 Å². The summed E-state index contributed by atoms with van der Waals surface area (Å²) in [5.41, 5.74) is 2.29. The number of nitrogens with one attached hydrogen (secondary N) is 2. The monoisotopic (exact) mass is 386 g/mol. The van der Waals surface area contributed by atoms with Gasteiger partial charge in [0.05, 0.1) is 12.7 Å². The highest BCUT2D eigenvalue weighted by Crippen LogP contribution is 2.22. The van der Waals surface area contributed by atoms with Crippen molar-refractivity contribution in [3.05, 3.63) is 90.2 Å². The summed E-state index contributed by atoms with van der Waals surface area (Å²) in [5.74, 6) is 0.119. The van der Waals surface area contributed by atoms with Gasteiger partial charge in [0, 0.05) is 16.8 Å². The summed E-state index contributed by atoms with van der Waals surface area (Å²) < 4.78 is 10.8. The number of benzene rings is 3. The van der Waals surface area contributed by atoms with E-state index in [1.165, 1.54) is 7.11 Å². The molecule has 0 aliphatic heterocycles. The zero-order chi connectivity index (χ0) is 20.2. The van der Waals surface area contributed by atoms with Crippen molar-refractivity contribution in [2.75, 3.05) is 17.7 Å². The van der Waals surface area contributed by atoms with E-state index in [0.717, 1.165) is 5.39 Å². The van der Waals surface area contributed by atoms with Gasteiger partial charge in [-0.15, -0.1) is 0 Å². The summed E-state index contributed by atoms with van der Waals surface area (Å²) in [7, 11) is 1.52. The molecule has 6 nitrogen and oxygen atoms in total. The molecule has 2 N–H and O–H groups in total. The number of fused-ring (bicyclic) bond motifs is 1. The zero-order valence-electron chi connectivity index (χ0n) is 15.6. The number of rotatable bonds is 5. The molecule has 2 amide bonds. The molecule has 0 bridgehead atoms. The Hall–Kier alpha value is -4.06. The number of ether oxygens (including phenoxy) is 1. The minimum absolute atomic E-state index is 0.236. The van der Waals surface area contributed by atoms with E-state index >= 15 is 0 Å². The number of hydrogen-bond acceptors (Lipinski definition) is 4. The number of carbonyl (C=O) groups is 2. The molecule has 0 saturated heterocycles. The molecule has 0 saturated carbocycles. The van der Waals surface area contributed by atoms with Crippen LogP contribution in [-0.2, 0) is 0 Å². The van der Waals surface area contributed by atoms with E-state index in [1.54, 1.807) is 54.6 Å². The Morgan fingerprint density at radius 1 is 0.793 bits per heavy atom. The predicted octanol–water partition coefficient (Wildman–Crippen LogP) is 4.95. The van der Waals surface area contributed by atoms with E-state index in [9.17, 15) is 9.59 Å². The van der Waals surface area contributed by atoms with Gasteiger partial charge in [0.15, 0.2) is 5.76 Å². The average Bonchev–Trinajstić information content (AvgIpc) is 3.19. The molecule has 6 heteroatoms. The number of amides is 2. The first-order chi connectivity index (χ1) is 14.1. The summed E-state index contributed by atoms with van der Waals surface area (Å²) in [4.78, 5) is 24.9. The predicted molar refractivity (Wildman–Crippen MR) is 112 cm³/mol. The van der Waals surface area contributed by atoms with Crippen LogP contribution in [0.4, 0.5) is 11.4 Å². The van der Waals surface area contributed by atoms with Crippen LogP contribution in [0.25, 0.3) is 11.0 Å². The Bertz CT molecular complexity index is 1150. The standard InChI is InChI=1S/C23H18N2O4/c1-28-20-9-5-3-7-18(20)22(26)24-16-10-12-17(13-11-16)25-23(27)21-14-15-6-2-4-8-19(15)29-21/h2-14H,1H3,(H,24,26)(H,25,27). The molecular formula is C23H18N2O4. The molecule has 3 aromatic carbocycles.